The lowest BCUT2D eigenvalue weighted by Crippen LogP contribution is -2.14. The third-order valence-electron chi connectivity index (χ3n) is 1.94. The number of aryl methyl sites for hydroxylation is 1. The van der Waals surface area contributed by atoms with Crippen LogP contribution in [-0.2, 0) is 10.0 Å². The molecule has 0 saturated carbocycles. The van der Waals surface area contributed by atoms with Gasteiger partial charge >= 0.3 is 0 Å². The van der Waals surface area contributed by atoms with Crippen molar-refractivity contribution in [2.75, 3.05) is 4.72 Å². The highest BCUT2D eigenvalue weighted by Gasteiger charge is 2.18. The molecule has 0 fully saturated rings. The Kier molecular flexibility index (Phi) is 2.71. The quantitative estimate of drug-likeness (QED) is 0.792. The highest BCUT2D eigenvalue weighted by molar-refractivity contribution is 7.96. The lowest BCUT2D eigenvalue weighted by atomic mass is 10.2. The number of hydrogen-bond acceptors (Lipinski definition) is 5. The first-order valence-electron chi connectivity index (χ1n) is 4.67. The first kappa shape index (κ1) is 11.4. The lowest BCUT2D eigenvalue weighted by Gasteiger charge is -2.04. The van der Waals surface area contributed by atoms with Crippen LogP contribution in [0.25, 0.3) is 0 Å². The van der Waals surface area contributed by atoms with E-state index in [1.807, 2.05) is 0 Å². The van der Waals surface area contributed by atoms with Crippen molar-refractivity contribution in [3.63, 3.8) is 0 Å². The second-order valence-corrected chi connectivity index (χ2v) is 5.02. The standard InChI is InChI=1S/C10H9N3O3S/c1-7-6-10(12-16-7)13-17(14,15)9-4-2-8(11)3-5-9/h2-4,6,11H,1H3,(H,12,13). The second-order valence-electron chi connectivity index (χ2n) is 3.37. The molecule has 0 unspecified atom stereocenters. The zero-order chi connectivity index (χ0) is 12.5. The second kappa shape index (κ2) is 4.04. The topological polar surface area (TPSA) is 96.1 Å². The number of nitrogens with zero attached hydrogens (tertiary/aromatic N) is 1. The van der Waals surface area contributed by atoms with E-state index in [1.165, 1.54) is 24.3 Å². The predicted molar refractivity (Wildman–Crippen MR) is 62.2 cm³/mol. The third-order valence-corrected chi connectivity index (χ3v) is 3.25. The highest BCUT2D eigenvalue weighted by atomic mass is 32.2. The first-order valence-corrected chi connectivity index (χ1v) is 6.15. The van der Waals surface area contributed by atoms with Crippen molar-refractivity contribution < 1.29 is 12.9 Å². The van der Waals surface area contributed by atoms with Crippen molar-refractivity contribution in [1.82, 2.24) is 5.16 Å². The first-order chi connectivity index (χ1) is 7.97. The minimum Gasteiger partial charge on any atom is -0.360 e. The number of hydrogen-bond donors (Lipinski definition) is 2. The molecule has 6 nitrogen and oxygen atoms in total. The van der Waals surface area contributed by atoms with Crippen LogP contribution in [0.2, 0.25) is 0 Å². The van der Waals surface area contributed by atoms with E-state index in [0.717, 1.165) is 0 Å². The number of allylic oxidation sites excluding steroid dienone is 2. The molecule has 0 atom stereocenters. The summed E-state index contributed by atoms with van der Waals surface area (Å²) in [5, 5.41) is 10.8. The smallest absolute Gasteiger partial charge is 0.270 e. The SMILES string of the molecule is Cc1cc(NS(=O)(=O)C2=C=CC(=N)C=C2)no1. The van der Waals surface area contributed by atoms with E-state index < -0.39 is 10.0 Å². The van der Waals surface area contributed by atoms with E-state index >= 15 is 0 Å². The van der Waals surface area contributed by atoms with Gasteiger partial charge < -0.3 is 9.93 Å². The van der Waals surface area contributed by atoms with Crippen LogP contribution in [0.1, 0.15) is 5.76 Å². The average Bonchev–Trinajstić information content (AvgIpc) is 2.63. The number of nitrogens with one attached hydrogen (secondary N) is 2. The lowest BCUT2D eigenvalue weighted by molar-refractivity contribution is 0.400. The van der Waals surface area contributed by atoms with E-state index in [-0.39, 0.29) is 16.4 Å². The predicted octanol–water partition coefficient (Wildman–Crippen LogP) is 1.35. The average molecular weight is 251 g/mol. The van der Waals surface area contributed by atoms with Gasteiger partial charge in [-0.15, -0.1) is 0 Å². The number of anilines is 1. The molecule has 1 heterocycles. The number of rotatable bonds is 3. The van der Waals surface area contributed by atoms with Gasteiger partial charge in [0.05, 0.1) is 5.71 Å². The van der Waals surface area contributed by atoms with Crippen LogP contribution >= 0.6 is 0 Å². The minimum atomic E-state index is -3.73. The Bertz CT molecular complexity index is 661. The van der Waals surface area contributed by atoms with Crippen LogP contribution in [0.5, 0.6) is 0 Å². The van der Waals surface area contributed by atoms with Gasteiger partial charge in [0.2, 0.25) is 0 Å². The summed E-state index contributed by atoms with van der Waals surface area (Å²) in [6.45, 7) is 1.66. The largest absolute Gasteiger partial charge is 0.360 e. The third kappa shape index (κ3) is 2.52. The van der Waals surface area contributed by atoms with Gasteiger partial charge in [-0.3, -0.25) is 4.72 Å². The van der Waals surface area contributed by atoms with Crippen molar-refractivity contribution in [2.24, 2.45) is 0 Å². The maximum atomic E-state index is 11.8. The normalized spacial score (nSPS) is 14.9. The molecule has 0 bridgehead atoms. The minimum absolute atomic E-state index is 0.0471. The summed E-state index contributed by atoms with van der Waals surface area (Å²) in [4.78, 5) is -0.0471. The summed E-state index contributed by atoms with van der Waals surface area (Å²) >= 11 is 0. The molecule has 1 aromatic heterocycles. The molecule has 1 aromatic rings. The van der Waals surface area contributed by atoms with Gasteiger partial charge in [0.15, 0.2) is 5.82 Å². The molecular weight excluding hydrogens is 242 g/mol. The van der Waals surface area contributed by atoms with Gasteiger partial charge in [-0.1, -0.05) is 10.9 Å². The van der Waals surface area contributed by atoms with Gasteiger partial charge in [0.25, 0.3) is 10.0 Å². The molecule has 0 radical (unpaired) electrons. The summed E-state index contributed by atoms with van der Waals surface area (Å²) in [6.07, 6.45) is 3.96. The van der Waals surface area contributed by atoms with Crippen LogP contribution in [0.15, 0.2) is 39.5 Å². The number of aromatic nitrogens is 1. The summed E-state index contributed by atoms with van der Waals surface area (Å²) in [5.74, 6) is 0.624. The number of sulfonamides is 1. The fraction of sp³-hybridized carbons (Fsp3) is 0.100. The maximum Gasteiger partial charge on any atom is 0.270 e. The molecule has 0 aliphatic heterocycles. The van der Waals surface area contributed by atoms with Gasteiger partial charge in [-0.05, 0) is 19.1 Å². The molecule has 2 N–H and O–H groups in total. The summed E-state index contributed by atoms with van der Waals surface area (Å²) < 4.78 is 30.7. The van der Waals surface area contributed by atoms with Gasteiger partial charge in [-0.2, -0.15) is 0 Å². The molecule has 17 heavy (non-hydrogen) atoms. The Morgan fingerprint density at radius 2 is 2.24 bits per heavy atom. The molecule has 1 aliphatic carbocycles. The van der Waals surface area contributed by atoms with E-state index in [9.17, 15) is 8.42 Å². The van der Waals surface area contributed by atoms with E-state index in [2.05, 4.69) is 15.6 Å². The van der Waals surface area contributed by atoms with Crippen molar-refractivity contribution in [3.05, 3.63) is 40.7 Å². The van der Waals surface area contributed by atoms with Crippen LogP contribution in [0.4, 0.5) is 5.82 Å². The maximum absolute atomic E-state index is 11.8. The zero-order valence-electron chi connectivity index (χ0n) is 8.89. The van der Waals surface area contributed by atoms with Crippen LogP contribution < -0.4 is 4.72 Å². The zero-order valence-corrected chi connectivity index (χ0v) is 9.71. The molecule has 0 amide bonds. The summed E-state index contributed by atoms with van der Waals surface area (Å²) in [5.41, 5.74) is 2.70. The Morgan fingerprint density at radius 1 is 1.47 bits per heavy atom. The molecule has 7 heteroatoms. The fourth-order valence-corrected chi connectivity index (χ4v) is 2.13. The van der Waals surface area contributed by atoms with Crippen LogP contribution in [0.3, 0.4) is 0 Å². The Morgan fingerprint density at radius 3 is 2.76 bits per heavy atom. The highest BCUT2D eigenvalue weighted by Crippen LogP contribution is 2.15. The molecule has 0 saturated heterocycles. The van der Waals surface area contributed by atoms with Gasteiger partial charge in [-0.25, -0.2) is 8.42 Å². The fourth-order valence-electron chi connectivity index (χ4n) is 1.18. The Hall–Kier alpha value is -2.11. The Labute approximate surface area is 97.9 Å². The molecule has 2 rings (SSSR count). The summed E-state index contributed by atoms with van der Waals surface area (Å²) in [7, 11) is -3.73. The van der Waals surface area contributed by atoms with Gasteiger partial charge in [0, 0.05) is 12.1 Å². The molecule has 88 valence electrons. The summed E-state index contributed by atoms with van der Waals surface area (Å²) in [6, 6.07) is 1.47. The van der Waals surface area contributed by atoms with Crippen LogP contribution in [0, 0.1) is 12.3 Å². The van der Waals surface area contributed by atoms with Crippen LogP contribution in [-0.4, -0.2) is 19.3 Å². The van der Waals surface area contributed by atoms with Gasteiger partial charge in [0.1, 0.15) is 10.7 Å². The monoisotopic (exact) mass is 251 g/mol. The van der Waals surface area contributed by atoms with E-state index in [4.69, 9.17) is 9.93 Å². The van der Waals surface area contributed by atoms with Crippen molar-refractivity contribution in [3.8, 4) is 0 Å². The molecule has 0 aromatic carbocycles. The van der Waals surface area contributed by atoms with E-state index in [1.54, 1.807) is 6.92 Å². The molecule has 0 spiro atoms. The van der Waals surface area contributed by atoms with Crippen molar-refractivity contribution in [2.45, 2.75) is 6.92 Å². The van der Waals surface area contributed by atoms with E-state index in [0.29, 0.717) is 5.76 Å². The van der Waals surface area contributed by atoms with Crippen molar-refractivity contribution >= 4 is 21.6 Å². The molecule has 1 aliphatic rings. The Balaban J connectivity index is 2.30. The molecular formula is C10H9N3O3S. The van der Waals surface area contributed by atoms with Crippen molar-refractivity contribution in [1.29, 1.82) is 5.41 Å².